The van der Waals surface area contributed by atoms with Crippen LogP contribution < -0.4 is 5.32 Å². The van der Waals surface area contributed by atoms with Gasteiger partial charge in [0, 0.05) is 33.1 Å². The molecule has 0 saturated heterocycles. The van der Waals surface area contributed by atoms with Crippen molar-refractivity contribution in [3.8, 4) is 0 Å². The van der Waals surface area contributed by atoms with E-state index in [1.54, 1.807) is 0 Å². The van der Waals surface area contributed by atoms with Crippen molar-refractivity contribution in [3.63, 3.8) is 0 Å². The Kier molecular flexibility index (Phi) is 10.3. The maximum atomic E-state index is 11.0. The Balaban J connectivity index is 2.32. The lowest BCUT2D eigenvalue weighted by molar-refractivity contribution is -0.140. The molecule has 134 valence electrons. The first-order valence-corrected chi connectivity index (χ1v) is 8.77. The lowest BCUT2D eigenvalue weighted by atomic mass is 10.1. The highest BCUT2D eigenvalue weighted by atomic mass is 16.5. The number of benzene rings is 1. The van der Waals surface area contributed by atoms with Crippen LogP contribution in [0.5, 0.6) is 0 Å². The molecule has 0 heterocycles. The standard InChI is InChI=1S/C19H31N3O2/c1-4-20-19(22(2)16-17-12-8-7-9-13-17)21-15-11-6-5-10-14-18(23)24-3/h7-9,12-13H,4-6,10-11,14-16H2,1-3H3,(H,20,21). The molecule has 1 rings (SSSR count). The topological polar surface area (TPSA) is 53.9 Å². The highest BCUT2D eigenvalue weighted by molar-refractivity contribution is 5.79. The van der Waals surface area contributed by atoms with E-state index in [1.807, 2.05) is 6.07 Å². The first-order chi connectivity index (χ1) is 11.7. The van der Waals surface area contributed by atoms with Crippen LogP contribution in [0.1, 0.15) is 44.6 Å². The van der Waals surface area contributed by atoms with Crippen LogP contribution in [0.2, 0.25) is 0 Å². The Morgan fingerprint density at radius 1 is 1.17 bits per heavy atom. The first kappa shape index (κ1) is 20.0. The number of ether oxygens (including phenoxy) is 1. The molecular weight excluding hydrogens is 302 g/mol. The molecule has 1 aromatic rings. The Labute approximate surface area is 146 Å². The van der Waals surface area contributed by atoms with E-state index >= 15 is 0 Å². The zero-order valence-electron chi connectivity index (χ0n) is 15.3. The van der Waals surface area contributed by atoms with Gasteiger partial charge in [-0.3, -0.25) is 9.79 Å². The molecule has 0 fully saturated rings. The summed E-state index contributed by atoms with van der Waals surface area (Å²) < 4.78 is 4.64. The van der Waals surface area contributed by atoms with Gasteiger partial charge in [-0.2, -0.15) is 0 Å². The second-order valence-corrected chi connectivity index (χ2v) is 5.82. The summed E-state index contributed by atoms with van der Waals surface area (Å²) in [4.78, 5) is 17.9. The Morgan fingerprint density at radius 2 is 1.88 bits per heavy atom. The molecule has 0 atom stereocenters. The van der Waals surface area contributed by atoms with Gasteiger partial charge in [-0.1, -0.05) is 43.2 Å². The third-order valence-corrected chi connectivity index (χ3v) is 3.74. The average Bonchev–Trinajstić information content (AvgIpc) is 2.60. The number of esters is 1. The number of methoxy groups -OCH3 is 1. The van der Waals surface area contributed by atoms with E-state index < -0.39 is 0 Å². The minimum Gasteiger partial charge on any atom is -0.469 e. The van der Waals surface area contributed by atoms with E-state index in [-0.39, 0.29) is 5.97 Å². The van der Waals surface area contributed by atoms with Crippen molar-refractivity contribution < 1.29 is 9.53 Å². The fourth-order valence-electron chi connectivity index (χ4n) is 2.42. The van der Waals surface area contributed by atoms with Crippen LogP contribution in [0, 0.1) is 0 Å². The van der Waals surface area contributed by atoms with Gasteiger partial charge in [0.2, 0.25) is 0 Å². The van der Waals surface area contributed by atoms with Crippen LogP contribution in [0.3, 0.4) is 0 Å². The minimum atomic E-state index is -0.120. The van der Waals surface area contributed by atoms with Crippen molar-refractivity contribution in [3.05, 3.63) is 35.9 Å². The molecule has 0 saturated carbocycles. The van der Waals surface area contributed by atoms with Gasteiger partial charge in [-0.15, -0.1) is 0 Å². The number of hydrogen-bond donors (Lipinski definition) is 1. The molecule has 0 bridgehead atoms. The largest absolute Gasteiger partial charge is 0.469 e. The number of carbonyl (C=O) groups excluding carboxylic acids is 1. The normalized spacial score (nSPS) is 11.2. The van der Waals surface area contributed by atoms with Crippen LogP contribution in [-0.4, -0.2) is 44.1 Å². The third kappa shape index (κ3) is 8.56. The number of unbranched alkanes of at least 4 members (excludes halogenated alkanes) is 3. The summed E-state index contributed by atoms with van der Waals surface area (Å²) in [7, 11) is 3.50. The summed E-state index contributed by atoms with van der Waals surface area (Å²) in [6.07, 6.45) is 4.57. The number of nitrogens with one attached hydrogen (secondary N) is 1. The first-order valence-electron chi connectivity index (χ1n) is 8.77. The van der Waals surface area contributed by atoms with E-state index in [4.69, 9.17) is 4.99 Å². The van der Waals surface area contributed by atoms with E-state index in [2.05, 4.69) is 53.2 Å². The molecule has 0 aliphatic heterocycles. The molecule has 0 aliphatic rings. The summed E-state index contributed by atoms with van der Waals surface area (Å²) >= 11 is 0. The summed E-state index contributed by atoms with van der Waals surface area (Å²) in [6.45, 7) is 4.58. The Morgan fingerprint density at radius 3 is 2.54 bits per heavy atom. The quantitative estimate of drug-likeness (QED) is 0.309. The predicted octanol–water partition coefficient (Wildman–Crippen LogP) is 3.21. The number of carbonyl (C=O) groups is 1. The van der Waals surface area contributed by atoms with Gasteiger partial charge in [-0.25, -0.2) is 0 Å². The molecular formula is C19H31N3O2. The Hall–Kier alpha value is -2.04. The summed E-state index contributed by atoms with van der Waals surface area (Å²) in [5.41, 5.74) is 1.27. The van der Waals surface area contributed by atoms with Crippen LogP contribution >= 0.6 is 0 Å². The highest BCUT2D eigenvalue weighted by Crippen LogP contribution is 2.05. The molecule has 5 heteroatoms. The lowest BCUT2D eigenvalue weighted by Crippen LogP contribution is -2.38. The van der Waals surface area contributed by atoms with Crippen LogP contribution in [0.4, 0.5) is 0 Å². The second-order valence-electron chi connectivity index (χ2n) is 5.82. The smallest absolute Gasteiger partial charge is 0.305 e. The number of nitrogens with zero attached hydrogens (tertiary/aromatic N) is 2. The maximum Gasteiger partial charge on any atom is 0.305 e. The molecule has 1 N–H and O–H groups in total. The van der Waals surface area contributed by atoms with Crippen LogP contribution in [-0.2, 0) is 16.1 Å². The molecule has 5 nitrogen and oxygen atoms in total. The molecule has 0 radical (unpaired) electrons. The molecule has 0 spiro atoms. The van der Waals surface area contributed by atoms with Crippen LogP contribution in [0.15, 0.2) is 35.3 Å². The monoisotopic (exact) mass is 333 g/mol. The molecule has 1 aromatic carbocycles. The highest BCUT2D eigenvalue weighted by Gasteiger charge is 2.06. The summed E-state index contributed by atoms with van der Waals surface area (Å²) in [5.74, 6) is 0.820. The fraction of sp³-hybridized carbons (Fsp3) is 0.579. The molecule has 24 heavy (non-hydrogen) atoms. The number of guanidine groups is 1. The van der Waals surface area contributed by atoms with Gasteiger partial charge in [0.25, 0.3) is 0 Å². The SMILES string of the molecule is CCNC(=NCCCCCCC(=O)OC)N(C)Cc1ccccc1. The van der Waals surface area contributed by atoms with Gasteiger partial charge in [0.05, 0.1) is 7.11 Å². The average molecular weight is 333 g/mol. The molecule has 0 amide bonds. The second kappa shape index (κ2) is 12.4. The van der Waals surface area contributed by atoms with Gasteiger partial charge in [0.15, 0.2) is 5.96 Å². The minimum absolute atomic E-state index is 0.120. The third-order valence-electron chi connectivity index (χ3n) is 3.74. The van der Waals surface area contributed by atoms with Crippen molar-refractivity contribution in [1.82, 2.24) is 10.2 Å². The van der Waals surface area contributed by atoms with Gasteiger partial charge in [0.1, 0.15) is 0 Å². The van der Waals surface area contributed by atoms with Crippen molar-refractivity contribution in [2.24, 2.45) is 4.99 Å². The zero-order valence-corrected chi connectivity index (χ0v) is 15.3. The van der Waals surface area contributed by atoms with Crippen molar-refractivity contribution in [1.29, 1.82) is 0 Å². The molecule has 0 unspecified atom stereocenters. The summed E-state index contributed by atoms with van der Waals surface area (Å²) in [5, 5.41) is 3.34. The van der Waals surface area contributed by atoms with Crippen molar-refractivity contribution >= 4 is 11.9 Å². The van der Waals surface area contributed by atoms with Gasteiger partial charge < -0.3 is 15.0 Å². The molecule has 0 aromatic heterocycles. The van der Waals surface area contributed by atoms with Gasteiger partial charge >= 0.3 is 5.97 Å². The van der Waals surface area contributed by atoms with Crippen LogP contribution in [0.25, 0.3) is 0 Å². The fourth-order valence-corrected chi connectivity index (χ4v) is 2.42. The summed E-state index contributed by atoms with van der Waals surface area (Å²) in [6, 6.07) is 10.4. The lowest BCUT2D eigenvalue weighted by Gasteiger charge is -2.22. The van der Waals surface area contributed by atoms with E-state index in [0.29, 0.717) is 6.42 Å². The molecule has 0 aliphatic carbocycles. The number of hydrogen-bond acceptors (Lipinski definition) is 3. The van der Waals surface area contributed by atoms with Gasteiger partial charge in [-0.05, 0) is 25.3 Å². The van der Waals surface area contributed by atoms with Crippen molar-refractivity contribution in [2.75, 3.05) is 27.2 Å². The van der Waals surface area contributed by atoms with E-state index in [0.717, 1.165) is 51.3 Å². The maximum absolute atomic E-state index is 11.0. The number of rotatable bonds is 10. The van der Waals surface area contributed by atoms with E-state index in [1.165, 1.54) is 12.7 Å². The predicted molar refractivity (Wildman–Crippen MR) is 99.0 cm³/mol. The van der Waals surface area contributed by atoms with E-state index in [9.17, 15) is 4.79 Å². The zero-order chi connectivity index (χ0) is 17.6. The van der Waals surface area contributed by atoms with Crippen molar-refractivity contribution in [2.45, 2.75) is 45.6 Å². The Bertz CT molecular complexity index is 489. The number of aliphatic imine (C=N–C) groups is 1.